The van der Waals surface area contributed by atoms with Crippen LogP contribution in [-0.2, 0) is 25.7 Å². The summed E-state index contributed by atoms with van der Waals surface area (Å²) in [4.78, 5) is 47.7. The van der Waals surface area contributed by atoms with E-state index in [1.807, 2.05) is 44.2 Å². The van der Waals surface area contributed by atoms with Crippen molar-refractivity contribution >= 4 is 33.7 Å². The lowest BCUT2D eigenvalue weighted by Crippen LogP contribution is -2.58. The van der Waals surface area contributed by atoms with Gasteiger partial charge in [-0.2, -0.15) is 0 Å². The number of benzene rings is 1. The van der Waals surface area contributed by atoms with Crippen molar-refractivity contribution in [1.29, 1.82) is 0 Å². The van der Waals surface area contributed by atoms with Crippen molar-refractivity contribution in [3.05, 3.63) is 61.2 Å². The predicted molar refractivity (Wildman–Crippen MR) is 157 cm³/mol. The van der Waals surface area contributed by atoms with Crippen LogP contribution in [0.15, 0.2) is 55.6 Å². The molecule has 0 aromatic heterocycles. The van der Waals surface area contributed by atoms with Crippen molar-refractivity contribution in [1.82, 2.24) is 14.7 Å². The summed E-state index contributed by atoms with van der Waals surface area (Å²) < 4.78 is 6.68. The van der Waals surface area contributed by atoms with E-state index < -0.39 is 29.6 Å². The number of rotatable bonds is 14. The zero-order chi connectivity index (χ0) is 29.0. The average molecular weight is 617 g/mol. The third-order valence-corrected chi connectivity index (χ3v) is 9.32. The van der Waals surface area contributed by atoms with Crippen molar-refractivity contribution in [2.45, 2.75) is 74.7 Å². The van der Waals surface area contributed by atoms with Gasteiger partial charge in [-0.1, -0.05) is 58.4 Å². The topological polar surface area (TPSA) is 90.4 Å². The molecule has 3 aliphatic rings. The third kappa shape index (κ3) is 5.52. The molecule has 0 aliphatic carbocycles. The van der Waals surface area contributed by atoms with Gasteiger partial charge < -0.3 is 24.5 Å². The number of carbonyl (C=O) groups is 3. The molecule has 40 heavy (non-hydrogen) atoms. The second-order valence-corrected chi connectivity index (χ2v) is 12.5. The first kappa shape index (κ1) is 30.5. The molecule has 9 heteroatoms. The van der Waals surface area contributed by atoms with Crippen molar-refractivity contribution in [3.8, 4) is 0 Å². The van der Waals surface area contributed by atoms with Crippen LogP contribution >= 0.6 is 15.9 Å². The first-order chi connectivity index (χ1) is 19.2. The summed E-state index contributed by atoms with van der Waals surface area (Å²) in [5.74, 6) is -1.97. The van der Waals surface area contributed by atoms with Gasteiger partial charge >= 0.3 is 0 Å². The quantitative estimate of drug-likeness (QED) is 0.196. The lowest BCUT2D eigenvalue weighted by atomic mass is 9.70. The number of likely N-dealkylation sites (tertiary alicyclic amines) is 1. The standard InChI is InChI=1S/C31H42BrN3O5/c1-5-15-33(20-22-13-9-7-10-14-22)28(37)24-25-29(38)35(17-11-8-12-18-36)27(30(39)34(16-6-2)21(3)4)31(25)19-23(32)26(24)40-31/h5-7,9-10,13-14,21,23-27,36H,1-2,8,11-12,15-20H2,3-4H3/t23?,24-,25+,26-,27?,31?/m1/s1. The zero-order valence-corrected chi connectivity index (χ0v) is 25.2. The molecule has 2 bridgehead atoms. The molecule has 3 amide bonds. The fraction of sp³-hybridized carbons (Fsp3) is 0.581. The smallest absolute Gasteiger partial charge is 0.248 e. The van der Waals surface area contributed by atoms with Crippen LogP contribution in [0.4, 0.5) is 0 Å². The summed E-state index contributed by atoms with van der Waals surface area (Å²) in [7, 11) is 0. The minimum atomic E-state index is -1.09. The van der Waals surface area contributed by atoms with E-state index in [2.05, 4.69) is 29.1 Å². The highest BCUT2D eigenvalue weighted by molar-refractivity contribution is 9.09. The average Bonchev–Trinajstić information content (AvgIpc) is 3.52. The van der Waals surface area contributed by atoms with Gasteiger partial charge in [0.05, 0.1) is 17.9 Å². The summed E-state index contributed by atoms with van der Waals surface area (Å²) in [5, 5.41) is 9.26. The molecule has 1 spiro atoms. The van der Waals surface area contributed by atoms with Crippen LogP contribution in [0.2, 0.25) is 0 Å². The van der Waals surface area contributed by atoms with Gasteiger partial charge in [0, 0.05) is 43.7 Å². The molecule has 1 N–H and O–H groups in total. The monoisotopic (exact) mass is 615 g/mol. The molecule has 3 saturated heterocycles. The van der Waals surface area contributed by atoms with E-state index in [0.717, 1.165) is 12.0 Å². The Morgan fingerprint density at radius 3 is 2.48 bits per heavy atom. The number of alkyl halides is 1. The molecular formula is C31H42BrN3O5. The van der Waals surface area contributed by atoms with Crippen molar-refractivity contribution in [2.24, 2.45) is 11.8 Å². The Morgan fingerprint density at radius 2 is 1.85 bits per heavy atom. The Morgan fingerprint density at radius 1 is 1.15 bits per heavy atom. The largest absolute Gasteiger partial charge is 0.396 e. The summed E-state index contributed by atoms with van der Waals surface area (Å²) >= 11 is 3.76. The van der Waals surface area contributed by atoms with E-state index in [0.29, 0.717) is 45.4 Å². The SMILES string of the molecule is C=CCN(Cc1ccccc1)C(=O)[C@H]1[C@@H]2OC3(CC2Br)C(C(=O)N(CC=C)C(C)C)N(CCCCCO)C(=O)[C@H]13. The van der Waals surface area contributed by atoms with Crippen LogP contribution in [0.25, 0.3) is 0 Å². The van der Waals surface area contributed by atoms with Crippen LogP contribution in [0, 0.1) is 11.8 Å². The van der Waals surface area contributed by atoms with Crippen LogP contribution < -0.4 is 0 Å². The third-order valence-electron chi connectivity index (χ3n) is 8.48. The van der Waals surface area contributed by atoms with E-state index in [9.17, 15) is 19.5 Å². The molecule has 1 aromatic rings. The predicted octanol–water partition coefficient (Wildman–Crippen LogP) is 3.53. The fourth-order valence-corrected chi connectivity index (χ4v) is 7.70. The molecule has 3 aliphatic heterocycles. The number of carbonyl (C=O) groups excluding carboxylic acids is 3. The Labute approximate surface area is 246 Å². The van der Waals surface area contributed by atoms with Gasteiger partial charge in [-0.15, -0.1) is 13.2 Å². The minimum absolute atomic E-state index is 0.0799. The molecule has 218 valence electrons. The van der Waals surface area contributed by atoms with Crippen LogP contribution in [0.3, 0.4) is 0 Å². The highest BCUT2D eigenvalue weighted by atomic mass is 79.9. The van der Waals surface area contributed by atoms with Crippen LogP contribution in [0.5, 0.6) is 0 Å². The van der Waals surface area contributed by atoms with Gasteiger partial charge in [0.2, 0.25) is 17.7 Å². The van der Waals surface area contributed by atoms with Gasteiger partial charge in [0.1, 0.15) is 11.6 Å². The lowest BCUT2D eigenvalue weighted by Gasteiger charge is -2.38. The van der Waals surface area contributed by atoms with E-state index in [1.54, 1.807) is 26.9 Å². The van der Waals surface area contributed by atoms with E-state index in [1.165, 1.54) is 0 Å². The highest BCUT2D eigenvalue weighted by Crippen LogP contribution is 2.60. The number of hydrogen-bond acceptors (Lipinski definition) is 5. The number of amides is 3. The van der Waals surface area contributed by atoms with Crippen LogP contribution in [-0.4, -0.2) is 92.4 Å². The molecule has 0 saturated carbocycles. The zero-order valence-electron chi connectivity index (χ0n) is 23.6. The summed E-state index contributed by atoms with van der Waals surface area (Å²) in [5.41, 5.74) is -0.106. The summed E-state index contributed by atoms with van der Waals surface area (Å²) in [6.45, 7) is 13.1. The molecule has 8 nitrogen and oxygen atoms in total. The Bertz CT molecular complexity index is 1100. The summed E-state index contributed by atoms with van der Waals surface area (Å²) in [6.07, 6.45) is 5.36. The van der Waals surface area contributed by atoms with E-state index in [-0.39, 0.29) is 35.2 Å². The molecular weight excluding hydrogens is 574 g/mol. The Hall–Kier alpha value is -2.49. The van der Waals surface area contributed by atoms with Gasteiger partial charge in [-0.25, -0.2) is 0 Å². The molecule has 1 aromatic carbocycles. The maximum absolute atomic E-state index is 14.3. The molecule has 3 unspecified atom stereocenters. The number of nitrogens with zero attached hydrogens (tertiary/aromatic N) is 3. The number of hydrogen-bond donors (Lipinski definition) is 1. The number of halogens is 1. The van der Waals surface area contributed by atoms with Crippen LogP contribution in [0.1, 0.15) is 45.1 Å². The highest BCUT2D eigenvalue weighted by Gasteiger charge is 2.76. The number of aliphatic hydroxyl groups excluding tert-OH is 1. The number of unbranched alkanes of at least 4 members (excludes halogenated alkanes) is 2. The molecule has 4 rings (SSSR count). The number of aliphatic hydroxyl groups is 1. The molecule has 3 fully saturated rings. The first-order valence-corrected chi connectivity index (χ1v) is 15.2. The Balaban J connectivity index is 1.72. The number of fused-ring (bicyclic) bond motifs is 1. The van der Waals surface area contributed by atoms with Crippen molar-refractivity contribution in [3.63, 3.8) is 0 Å². The minimum Gasteiger partial charge on any atom is -0.396 e. The second kappa shape index (κ2) is 13.0. The van der Waals surface area contributed by atoms with Gasteiger partial charge in [-0.05, 0) is 45.1 Å². The van der Waals surface area contributed by atoms with E-state index in [4.69, 9.17) is 4.74 Å². The van der Waals surface area contributed by atoms with Crippen molar-refractivity contribution in [2.75, 3.05) is 26.2 Å². The molecule has 3 heterocycles. The summed E-state index contributed by atoms with van der Waals surface area (Å²) in [6, 6.07) is 8.82. The lowest BCUT2D eigenvalue weighted by molar-refractivity contribution is -0.149. The fourth-order valence-electron chi connectivity index (χ4n) is 6.76. The normalized spacial score (nSPS) is 28.6. The maximum atomic E-state index is 14.3. The number of ether oxygens (including phenoxy) is 1. The second-order valence-electron chi connectivity index (χ2n) is 11.3. The van der Waals surface area contributed by atoms with E-state index >= 15 is 0 Å². The van der Waals surface area contributed by atoms with Crippen molar-refractivity contribution < 1.29 is 24.2 Å². The first-order valence-electron chi connectivity index (χ1n) is 14.3. The molecule has 6 atom stereocenters. The van der Waals surface area contributed by atoms with Gasteiger partial charge in [0.15, 0.2) is 0 Å². The maximum Gasteiger partial charge on any atom is 0.248 e. The van der Waals surface area contributed by atoms with Gasteiger partial charge in [0.25, 0.3) is 0 Å². The Kier molecular flexibility index (Phi) is 9.90. The van der Waals surface area contributed by atoms with Gasteiger partial charge in [-0.3, -0.25) is 14.4 Å². The molecule has 0 radical (unpaired) electrons.